The number of aryl methyl sites for hydroxylation is 2. The summed E-state index contributed by atoms with van der Waals surface area (Å²) < 4.78 is 2.04. The second-order valence-electron chi connectivity index (χ2n) is 4.02. The summed E-state index contributed by atoms with van der Waals surface area (Å²) in [6.45, 7) is 1.98. The Balaban J connectivity index is 2.27. The van der Waals surface area contributed by atoms with Crippen molar-refractivity contribution < 1.29 is 0 Å². The van der Waals surface area contributed by atoms with E-state index in [2.05, 4.69) is 15.0 Å². The summed E-state index contributed by atoms with van der Waals surface area (Å²) in [6, 6.07) is 7.91. The summed E-state index contributed by atoms with van der Waals surface area (Å²) in [7, 11) is 1.99. The maximum Gasteiger partial charge on any atom is 0.159 e. The first-order valence-corrected chi connectivity index (χ1v) is 5.46. The molecule has 0 radical (unpaired) electrons. The van der Waals surface area contributed by atoms with Crippen molar-refractivity contribution in [3.05, 3.63) is 42.4 Å². The van der Waals surface area contributed by atoms with E-state index in [0.717, 1.165) is 28.2 Å². The molecular formula is C13H12N4. The quantitative estimate of drug-likeness (QED) is 0.637. The lowest BCUT2D eigenvalue weighted by Gasteiger charge is -2.02. The molecule has 0 aliphatic rings. The number of hydrogen-bond acceptors (Lipinski definition) is 3. The summed E-state index contributed by atoms with van der Waals surface area (Å²) >= 11 is 0. The van der Waals surface area contributed by atoms with Crippen LogP contribution in [0.5, 0.6) is 0 Å². The third kappa shape index (κ3) is 1.58. The molecule has 3 aromatic rings. The Bertz CT molecular complexity index is 685. The number of fused-ring (bicyclic) bond motifs is 1. The van der Waals surface area contributed by atoms with E-state index in [0.29, 0.717) is 0 Å². The van der Waals surface area contributed by atoms with Gasteiger partial charge in [-0.25, -0.2) is 9.97 Å². The lowest BCUT2D eigenvalue weighted by Crippen LogP contribution is -1.95. The molecule has 0 aliphatic heterocycles. The molecule has 0 spiro atoms. The largest absolute Gasteiger partial charge is 0.326 e. The molecule has 0 saturated heterocycles. The standard InChI is InChI=1S/C13H12N4/c1-9-4-3-5-10(15-9)13-16-11-8-14-7-6-12(11)17(13)2/h3-8H,1-2H3. The van der Waals surface area contributed by atoms with Gasteiger partial charge in [0.05, 0.1) is 11.7 Å². The van der Waals surface area contributed by atoms with E-state index in [9.17, 15) is 0 Å². The highest BCUT2D eigenvalue weighted by molar-refractivity contribution is 5.78. The fourth-order valence-corrected chi connectivity index (χ4v) is 1.95. The molecule has 4 heteroatoms. The maximum atomic E-state index is 4.56. The van der Waals surface area contributed by atoms with Crippen LogP contribution in [0.2, 0.25) is 0 Å². The zero-order valence-corrected chi connectivity index (χ0v) is 9.75. The van der Waals surface area contributed by atoms with E-state index in [1.54, 1.807) is 12.4 Å². The van der Waals surface area contributed by atoms with Crippen molar-refractivity contribution >= 4 is 11.0 Å². The van der Waals surface area contributed by atoms with Gasteiger partial charge in [-0.3, -0.25) is 4.98 Å². The minimum absolute atomic E-state index is 0.872. The molecule has 0 aromatic carbocycles. The van der Waals surface area contributed by atoms with Gasteiger partial charge in [0.2, 0.25) is 0 Å². The second-order valence-corrected chi connectivity index (χ2v) is 4.02. The van der Waals surface area contributed by atoms with Crippen molar-refractivity contribution in [3.8, 4) is 11.5 Å². The fraction of sp³-hybridized carbons (Fsp3) is 0.154. The van der Waals surface area contributed by atoms with E-state index < -0.39 is 0 Å². The van der Waals surface area contributed by atoms with Gasteiger partial charge in [0.25, 0.3) is 0 Å². The predicted molar refractivity (Wildman–Crippen MR) is 66.5 cm³/mol. The van der Waals surface area contributed by atoms with E-state index >= 15 is 0 Å². The van der Waals surface area contributed by atoms with Gasteiger partial charge in [-0.05, 0) is 25.1 Å². The minimum Gasteiger partial charge on any atom is -0.326 e. The molecular weight excluding hydrogens is 212 g/mol. The fourth-order valence-electron chi connectivity index (χ4n) is 1.95. The van der Waals surface area contributed by atoms with Crippen LogP contribution in [0, 0.1) is 6.92 Å². The zero-order valence-electron chi connectivity index (χ0n) is 9.75. The van der Waals surface area contributed by atoms with E-state index in [1.807, 2.05) is 42.8 Å². The number of nitrogens with zero attached hydrogens (tertiary/aromatic N) is 4. The molecule has 4 nitrogen and oxygen atoms in total. The van der Waals surface area contributed by atoms with Gasteiger partial charge in [-0.2, -0.15) is 0 Å². The Morgan fingerprint density at radius 3 is 2.76 bits per heavy atom. The first-order chi connectivity index (χ1) is 8.25. The Morgan fingerprint density at radius 2 is 2.00 bits per heavy atom. The summed E-state index contributed by atoms with van der Waals surface area (Å²) in [5.41, 5.74) is 3.85. The lowest BCUT2D eigenvalue weighted by molar-refractivity contribution is 0.947. The molecule has 0 aliphatic carbocycles. The number of rotatable bonds is 1. The van der Waals surface area contributed by atoms with Crippen molar-refractivity contribution in [2.24, 2.45) is 7.05 Å². The van der Waals surface area contributed by atoms with Crippen molar-refractivity contribution in [1.29, 1.82) is 0 Å². The van der Waals surface area contributed by atoms with Crippen LogP contribution < -0.4 is 0 Å². The lowest BCUT2D eigenvalue weighted by atomic mass is 10.3. The van der Waals surface area contributed by atoms with Crippen LogP contribution in [-0.4, -0.2) is 19.5 Å². The monoisotopic (exact) mass is 224 g/mol. The first-order valence-electron chi connectivity index (χ1n) is 5.46. The Morgan fingerprint density at radius 1 is 1.12 bits per heavy atom. The summed E-state index contributed by atoms with van der Waals surface area (Å²) in [5, 5.41) is 0. The highest BCUT2D eigenvalue weighted by atomic mass is 15.1. The summed E-state index contributed by atoms with van der Waals surface area (Å²) in [4.78, 5) is 13.1. The molecule has 0 unspecified atom stereocenters. The highest BCUT2D eigenvalue weighted by Crippen LogP contribution is 2.21. The number of aromatic nitrogens is 4. The zero-order chi connectivity index (χ0) is 11.8. The maximum absolute atomic E-state index is 4.56. The molecule has 3 heterocycles. The van der Waals surface area contributed by atoms with Crippen molar-refractivity contribution in [2.45, 2.75) is 6.92 Å². The molecule has 0 atom stereocenters. The Kier molecular flexibility index (Phi) is 2.14. The molecule has 0 amide bonds. The van der Waals surface area contributed by atoms with E-state index in [1.165, 1.54) is 0 Å². The Labute approximate surface area is 99.0 Å². The van der Waals surface area contributed by atoms with Gasteiger partial charge in [0, 0.05) is 18.9 Å². The van der Waals surface area contributed by atoms with Gasteiger partial charge in [0.1, 0.15) is 11.2 Å². The minimum atomic E-state index is 0.872. The van der Waals surface area contributed by atoms with Crippen LogP contribution >= 0.6 is 0 Å². The van der Waals surface area contributed by atoms with Gasteiger partial charge in [-0.1, -0.05) is 6.07 Å². The van der Waals surface area contributed by atoms with E-state index in [4.69, 9.17) is 0 Å². The number of pyridine rings is 2. The van der Waals surface area contributed by atoms with Crippen LogP contribution in [-0.2, 0) is 7.05 Å². The molecule has 84 valence electrons. The summed E-state index contributed by atoms with van der Waals surface area (Å²) in [5.74, 6) is 0.872. The van der Waals surface area contributed by atoms with Crippen LogP contribution in [0.1, 0.15) is 5.69 Å². The molecule has 0 N–H and O–H groups in total. The average Bonchev–Trinajstić information content (AvgIpc) is 2.68. The van der Waals surface area contributed by atoms with Crippen molar-refractivity contribution in [3.63, 3.8) is 0 Å². The smallest absolute Gasteiger partial charge is 0.159 e. The topological polar surface area (TPSA) is 43.6 Å². The van der Waals surface area contributed by atoms with Crippen LogP contribution in [0.3, 0.4) is 0 Å². The number of imidazole rings is 1. The van der Waals surface area contributed by atoms with Gasteiger partial charge in [0.15, 0.2) is 5.82 Å². The molecule has 3 rings (SSSR count). The van der Waals surface area contributed by atoms with Gasteiger partial charge < -0.3 is 4.57 Å². The molecule has 0 fully saturated rings. The SMILES string of the molecule is Cc1cccc(-c2nc3cnccc3n2C)n1. The van der Waals surface area contributed by atoms with Crippen LogP contribution in [0.15, 0.2) is 36.7 Å². The third-order valence-corrected chi connectivity index (χ3v) is 2.80. The average molecular weight is 224 g/mol. The van der Waals surface area contributed by atoms with Crippen molar-refractivity contribution in [1.82, 2.24) is 19.5 Å². The first kappa shape index (κ1) is 9.96. The summed E-state index contributed by atoms with van der Waals surface area (Å²) in [6.07, 6.45) is 3.55. The van der Waals surface area contributed by atoms with E-state index in [-0.39, 0.29) is 0 Å². The molecule has 0 bridgehead atoms. The highest BCUT2D eigenvalue weighted by Gasteiger charge is 2.10. The van der Waals surface area contributed by atoms with Gasteiger partial charge in [-0.15, -0.1) is 0 Å². The molecule has 17 heavy (non-hydrogen) atoms. The molecule has 0 saturated carbocycles. The predicted octanol–water partition coefficient (Wildman–Crippen LogP) is 2.34. The van der Waals surface area contributed by atoms with Crippen molar-refractivity contribution in [2.75, 3.05) is 0 Å². The second kappa shape index (κ2) is 3.66. The normalized spacial score (nSPS) is 10.9. The van der Waals surface area contributed by atoms with Crippen LogP contribution in [0.4, 0.5) is 0 Å². The Hall–Kier alpha value is -2.23. The number of hydrogen-bond donors (Lipinski definition) is 0. The van der Waals surface area contributed by atoms with Crippen LogP contribution in [0.25, 0.3) is 22.6 Å². The molecule has 3 aromatic heterocycles. The third-order valence-electron chi connectivity index (χ3n) is 2.80. The van der Waals surface area contributed by atoms with Gasteiger partial charge >= 0.3 is 0 Å².